The fourth-order valence-electron chi connectivity index (χ4n) is 1.96. The number of unbranched alkanes of at least 4 members (excludes halogenated alkanes) is 8. The molecular weight excluding hydrogens is 244 g/mol. The van der Waals surface area contributed by atoms with Gasteiger partial charge in [0.1, 0.15) is 0 Å². The largest absolute Gasteiger partial charge is 0.436 e. The Morgan fingerprint density at radius 1 is 1.00 bits per heavy atom. The van der Waals surface area contributed by atoms with E-state index in [1.165, 1.54) is 44.9 Å². The van der Waals surface area contributed by atoms with Crippen LogP contribution in [0.25, 0.3) is 0 Å². The van der Waals surface area contributed by atoms with Crippen molar-refractivity contribution in [1.82, 2.24) is 0 Å². The molecule has 0 aromatic carbocycles. The molecule has 1 unspecified atom stereocenters. The van der Waals surface area contributed by atoms with E-state index in [-0.39, 0.29) is 19.0 Å². The van der Waals surface area contributed by atoms with Gasteiger partial charge in [-0.1, -0.05) is 58.3 Å². The molecule has 0 aliphatic heterocycles. The Morgan fingerprint density at radius 3 is 2.05 bits per heavy atom. The fraction of sp³-hybridized carbons (Fsp3) is 0.933. The molecule has 0 aromatic rings. The van der Waals surface area contributed by atoms with Crippen molar-refractivity contribution in [3.8, 4) is 0 Å². The lowest BCUT2D eigenvalue weighted by molar-refractivity contribution is -0.169. The van der Waals surface area contributed by atoms with E-state index in [0.29, 0.717) is 6.42 Å². The lowest BCUT2D eigenvalue weighted by Gasteiger charge is -2.10. The minimum absolute atomic E-state index is 0.0868. The lowest BCUT2D eigenvalue weighted by Crippen LogP contribution is -2.18. The first kappa shape index (κ1) is 18.4. The number of carbonyl (C=O) groups excluding carboxylic acids is 1. The minimum atomic E-state index is -1.16. The minimum Gasteiger partial charge on any atom is -0.436 e. The summed E-state index contributed by atoms with van der Waals surface area (Å²) in [5.74, 6) is -0.371. The van der Waals surface area contributed by atoms with Crippen LogP contribution in [-0.2, 0) is 9.53 Å². The summed E-state index contributed by atoms with van der Waals surface area (Å²) < 4.78 is 4.72. The van der Waals surface area contributed by atoms with E-state index in [0.717, 1.165) is 12.8 Å². The zero-order valence-corrected chi connectivity index (χ0v) is 12.3. The standard InChI is InChI=1S/C15H30O4/c1-2-3-4-5-6-7-8-9-10-11-14(17)19-15(18)12-13-16/h15-16,18H,2-13H2,1H3. The number of hydrogen-bond donors (Lipinski definition) is 2. The zero-order chi connectivity index (χ0) is 14.3. The molecular formula is C15H30O4. The van der Waals surface area contributed by atoms with Gasteiger partial charge >= 0.3 is 5.97 Å². The van der Waals surface area contributed by atoms with Gasteiger partial charge in [0.05, 0.1) is 0 Å². The maximum Gasteiger partial charge on any atom is 0.308 e. The van der Waals surface area contributed by atoms with Crippen LogP contribution in [0, 0.1) is 0 Å². The van der Waals surface area contributed by atoms with Gasteiger partial charge in [-0.25, -0.2) is 0 Å². The fourth-order valence-corrected chi connectivity index (χ4v) is 1.96. The number of hydrogen-bond acceptors (Lipinski definition) is 4. The second kappa shape index (κ2) is 13.8. The maximum atomic E-state index is 11.3. The summed E-state index contributed by atoms with van der Waals surface area (Å²) in [7, 11) is 0. The molecule has 0 saturated heterocycles. The molecule has 0 saturated carbocycles. The predicted molar refractivity (Wildman–Crippen MR) is 75.6 cm³/mol. The third-order valence-corrected chi connectivity index (χ3v) is 3.13. The van der Waals surface area contributed by atoms with Gasteiger partial charge in [0.25, 0.3) is 0 Å². The highest BCUT2D eigenvalue weighted by Crippen LogP contribution is 2.11. The van der Waals surface area contributed by atoms with Gasteiger partial charge in [0, 0.05) is 19.4 Å². The van der Waals surface area contributed by atoms with Crippen LogP contribution in [0.5, 0.6) is 0 Å². The van der Waals surface area contributed by atoms with Crippen molar-refractivity contribution < 1.29 is 19.7 Å². The van der Waals surface area contributed by atoms with Gasteiger partial charge in [-0.3, -0.25) is 4.79 Å². The van der Waals surface area contributed by atoms with Crippen molar-refractivity contribution in [2.75, 3.05) is 6.61 Å². The Balaban J connectivity index is 3.23. The molecule has 19 heavy (non-hydrogen) atoms. The van der Waals surface area contributed by atoms with Crippen molar-refractivity contribution in [2.24, 2.45) is 0 Å². The second-order valence-corrected chi connectivity index (χ2v) is 5.04. The van der Waals surface area contributed by atoms with Crippen molar-refractivity contribution >= 4 is 5.97 Å². The predicted octanol–water partition coefficient (Wildman–Crippen LogP) is 3.15. The quantitative estimate of drug-likeness (QED) is 0.307. The number of rotatable bonds is 13. The topological polar surface area (TPSA) is 66.8 Å². The third kappa shape index (κ3) is 13.6. The smallest absolute Gasteiger partial charge is 0.308 e. The molecule has 0 aliphatic carbocycles. The molecule has 0 aromatic heterocycles. The molecule has 0 spiro atoms. The van der Waals surface area contributed by atoms with Gasteiger partial charge in [-0.2, -0.15) is 0 Å². The molecule has 0 aliphatic rings. The van der Waals surface area contributed by atoms with E-state index in [4.69, 9.17) is 14.9 Å². The first-order valence-electron chi connectivity index (χ1n) is 7.69. The average Bonchev–Trinajstić information content (AvgIpc) is 2.37. The molecule has 4 heteroatoms. The molecule has 0 rings (SSSR count). The van der Waals surface area contributed by atoms with Crippen LogP contribution in [-0.4, -0.2) is 29.1 Å². The number of esters is 1. The van der Waals surface area contributed by atoms with Gasteiger partial charge in [-0.05, 0) is 6.42 Å². The Labute approximate surface area is 117 Å². The van der Waals surface area contributed by atoms with Crippen LogP contribution in [0.15, 0.2) is 0 Å². The van der Waals surface area contributed by atoms with Crippen molar-refractivity contribution in [3.05, 3.63) is 0 Å². The van der Waals surface area contributed by atoms with Gasteiger partial charge in [-0.15, -0.1) is 0 Å². The number of carbonyl (C=O) groups is 1. The van der Waals surface area contributed by atoms with Crippen LogP contribution in [0.3, 0.4) is 0 Å². The Morgan fingerprint density at radius 2 is 1.53 bits per heavy atom. The number of aliphatic hydroxyl groups excluding tert-OH is 2. The molecule has 0 amide bonds. The van der Waals surface area contributed by atoms with E-state index in [1.807, 2.05) is 0 Å². The van der Waals surface area contributed by atoms with Crippen LogP contribution in [0.4, 0.5) is 0 Å². The van der Waals surface area contributed by atoms with E-state index in [2.05, 4.69) is 6.92 Å². The van der Waals surface area contributed by atoms with E-state index < -0.39 is 6.29 Å². The molecule has 2 N–H and O–H groups in total. The molecule has 0 fully saturated rings. The summed E-state index contributed by atoms with van der Waals surface area (Å²) >= 11 is 0. The normalized spacial score (nSPS) is 12.4. The van der Waals surface area contributed by atoms with Crippen molar-refractivity contribution in [1.29, 1.82) is 0 Å². The number of aliphatic hydroxyl groups is 2. The van der Waals surface area contributed by atoms with Crippen molar-refractivity contribution in [2.45, 2.75) is 83.8 Å². The first-order valence-corrected chi connectivity index (χ1v) is 7.69. The molecule has 4 nitrogen and oxygen atoms in total. The molecule has 1 atom stereocenters. The van der Waals surface area contributed by atoms with Gasteiger partial charge in [0.2, 0.25) is 6.29 Å². The molecule has 0 bridgehead atoms. The highest BCUT2D eigenvalue weighted by atomic mass is 16.6. The first-order chi connectivity index (χ1) is 9.20. The van der Waals surface area contributed by atoms with Crippen LogP contribution >= 0.6 is 0 Å². The Kier molecular flexibility index (Phi) is 13.4. The highest BCUT2D eigenvalue weighted by molar-refractivity contribution is 5.69. The van der Waals surface area contributed by atoms with Crippen LogP contribution < -0.4 is 0 Å². The molecule has 0 radical (unpaired) electrons. The zero-order valence-electron chi connectivity index (χ0n) is 12.3. The average molecular weight is 274 g/mol. The van der Waals surface area contributed by atoms with Crippen molar-refractivity contribution in [3.63, 3.8) is 0 Å². The summed E-state index contributed by atoms with van der Waals surface area (Å²) in [6.45, 7) is 2.04. The highest BCUT2D eigenvalue weighted by Gasteiger charge is 2.09. The number of ether oxygens (including phenoxy) is 1. The second-order valence-electron chi connectivity index (χ2n) is 5.04. The SMILES string of the molecule is CCCCCCCCCCCC(=O)OC(O)CCO. The van der Waals surface area contributed by atoms with E-state index in [1.54, 1.807) is 0 Å². The summed E-state index contributed by atoms with van der Waals surface area (Å²) in [4.78, 5) is 11.3. The lowest BCUT2D eigenvalue weighted by atomic mass is 10.1. The molecule has 0 heterocycles. The van der Waals surface area contributed by atoms with Crippen LogP contribution in [0.1, 0.15) is 77.6 Å². The van der Waals surface area contributed by atoms with E-state index >= 15 is 0 Å². The monoisotopic (exact) mass is 274 g/mol. The van der Waals surface area contributed by atoms with E-state index in [9.17, 15) is 4.79 Å². The third-order valence-electron chi connectivity index (χ3n) is 3.13. The molecule has 114 valence electrons. The summed E-state index contributed by atoms with van der Waals surface area (Å²) in [6.07, 6.45) is 10.1. The summed E-state index contributed by atoms with van der Waals surface area (Å²) in [6, 6.07) is 0. The van der Waals surface area contributed by atoms with Crippen LogP contribution in [0.2, 0.25) is 0 Å². The maximum absolute atomic E-state index is 11.3. The van der Waals surface area contributed by atoms with Gasteiger partial charge in [0.15, 0.2) is 0 Å². The Bertz CT molecular complexity index is 206. The Hall–Kier alpha value is -0.610. The summed E-state index contributed by atoms with van der Waals surface area (Å²) in [5.41, 5.74) is 0. The van der Waals surface area contributed by atoms with Gasteiger partial charge < -0.3 is 14.9 Å². The summed E-state index contributed by atoms with van der Waals surface area (Å²) in [5, 5.41) is 17.7.